The van der Waals surface area contributed by atoms with Gasteiger partial charge in [0.25, 0.3) is 0 Å². The summed E-state index contributed by atoms with van der Waals surface area (Å²) in [4.78, 5) is 6.81. The van der Waals surface area contributed by atoms with Crippen molar-refractivity contribution in [1.82, 2.24) is 0 Å². The highest BCUT2D eigenvalue weighted by Crippen LogP contribution is 2.33. The number of alkyl halides is 3. The summed E-state index contributed by atoms with van der Waals surface area (Å²) < 4.78 is 39.3. The van der Waals surface area contributed by atoms with Gasteiger partial charge in [0.1, 0.15) is 0 Å². The zero-order valence-electron chi connectivity index (χ0n) is 13.6. The number of thioether (sulfide) groups is 1. The average molecular weight is 432 g/mol. The Balaban J connectivity index is 2.32. The van der Waals surface area contributed by atoms with E-state index in [-0.39, 0.29) is 5.96 Å². The van der Waals surface area contributed by atoms with E-state index in [4.69, 9.17) is 5.73 Å². The van der Waals surface area contributed by atoms with Crippen LogP contribution in [0.2, 0.25) is 0 Å². The quantitative estimate of drug-likeness (QED) is 0.385. The first-order valence-electron chi connectivity index (χ1n) is 7.40. The van der Waals surface area contributed by atoms with Crippen molar-refractivity contribution >= 4 is 45.0 Å². The third-order valence-electron chi connectivity index (χ3n) is 3.37. The fourth-order valence-electron chi connectivity index (χ4n) is 2.06. The van der Waals surface area contributed by atoms with Gasteiger partial charge in [0.15, 0.2) is 0 Å². The summed E-state index contributed by atoms with van der Waals surface area (Å²) in [5.74, 6) is 1.02. The molecular weight excluding hydrogens is 415 g/mol. The molecule has 0 aliphatic carbocycles. The summed E-state index contributed by atoms with van der Waals surface area (Å²) >= 11 is 5.08. The monoisotopic (exact) mass is 431 g/mol. The van der Waals surface area contributed by atoms with Crippen LogP contribution < -0.4 is 10.6 Å². The Morgan fingerprint density at radius 1 is 1.24 bits per heavy atom. The van der Waals surface area contributed by atoms with Crippen molar-refractivity contribution in [2.24, 2.45) is 10.7 Å². The van der Waals surface area contributed by atoms with E-state index >= 15 is 0 Å². The number of anilines is 1. The van der Waals surface area contributed by atoms with Gasteiger partial charge in [-0.05, 0) is 58.1 Å². The van der Waals surface area contributed by atoms with Gasteiger partial charge in [-0.1, -0.05) is 13.0 Å². The molecule has 0 aromatic heterocycles. The molecular formula is C17H17BrF3N3S. The highest BCUT2D eigenvalue weighted by Gasteiger charge is 2.30. The zero-order valence-corrected chi connectivity index (χ0v) is 16.0. The van der Waals surface area contributed by atoms with E-state index in [2.05, 4.69) is 20.9 Å². The Morgan fingerprint density at radius 2 is 1.96 bits per heavy atom. The first-order valence-corrected chi connectivity index (χ1v) is 9.17. The van der Waals surface area contributed by atoms with Crippen LogP contribution in [-0.2, 0) is 6.18 Å². The number of nitrogens with two attached hydrogens (primary N) is 1. The molecule has 0 spiro atoms. The van der Waals surface area contributed by atoms with Crippen LogP contribution in [0, 0.1) is 0 Å². The molecule has 0 atom stereocenters. The van der Waals surface area contributed by atoms with Gasteiger partial charge in [-0.2, -0.15) is 13.2 Å². The molecule has 0 aliphatic rings. The lowest BCUT2D eigenvalue weighted by Gasteiger charge is -2.19. The van der Waals surface area contributed by atoms with Crippen molar-refractivity contribution in [3.05, 3.63) is 52.5 Å². The Bertz CT molecular complexity index is 778. The summed E-state index contributed by atoms with van der Waals surface area (Å²) in [6.45, 7) is 2.05. The van der Waals surface area contributed by atoms with Crippen molar-refractivity contribution in [3.63, 3.8) is 0 Å². The molecule has 8 heteroatoms. The number of hydrogen-bond donors (Lipinski definition) is 1. The third kappa shape index (κ3) is 5.15. The van der Waals surface area contributed by atoms with E-state index < -0.39 is 11.7 Å². The average Bonchev–Trinajstić information content (AvgIpc) is 2.56. The van der Waals surface area contributed by atoms with E-state index in [9.17, 15) is 13.2 Å². The van der Waals surface area contributed by atoms with Crippen LogP contribution in [0.3, 0.4) is 0 Å². The molecule has 25 heavy (non-hydrogen) atoms. The molecule has 0 heterocycles. The molecule has 0 amide bonds. The molecule has 2 rings (SSSR count). The van der Waals surface area contributed by atoms with E-state index in [0.717, 1.165) is 27.3 Å². The minimum absolute atomic E-state index is 0.0960. The Morgan fingerprint density at radius 3 is 2.60 bits per heavy atom. The predicted molar refractivity (Wildman–Crippen MR) is 102 cm³/mol. The largest absolute Gasteiger partial charge is 0.416 e. The minimum atomic E-state index is -4.41. The molecule has 0 saturated carbocycles. The molecule has 0 bridgehead atoms. The van der Waals surface area contributed by atoms with Crippen LogP contribution in [0.15, 0.2) is 56.8 Å². The van der Waals surface area contributed by atoms with Crippen LogP contribution >= 0.6 is 27.7 Å². The predicted octanol–water partition coefficient (Wildman–Crippen LogP) is 5.66. The second-order valence-corrected chi connectivity index (χ2v) is 7.32. The van der Waals surface area contributed by atoms with E-state index in [1.165, 1.54) is 11.0 Å². The van der Waals surface area contributed by atoms with Gasteiger partial charge in [0.05, 0.1) is 11.3 Å². The molecule has 0 radical (unpaired) electrons. The zero-order chi connectivity index (χ0) is 18.6. The van der Waals surface area contributed by atoms with Crippen LogP contribution in [-0.4, -0.2) is 18.8 Å². The Hall–Kier alpha value is -1.67. The SMILES string of the molecule is CCSc1ccc(Br)c(N=C(N)N(C)c2cccc(C(F)(F)F)c2)c1. The third-order valence-corrected chi connectivity index (χ3v) is 4.91. The molecule has 0 aliphatic heterocycles. The van der Waals surface area contributed by atoms with Crippen LogP contribution in [0.1, 0.15) is 12.5 Å². The summed E-state index contributed by atoms with van der Waals surface area (Å²) in [6, 6.07) is 10.7. The normalized spacial score (nSPS) is 12.3. The highest BCUT2D eigenvalue weighted by atomic mass is 79.9. The fourth-order valence-corrected chi connectivity index (χ4v) is 3.08. The van der Waals surface area contributed by atoms with Gasteiger partial charge in [0, 0.05) is 22.1 Å². The van der Waals surface area contributed by atoms with Crippen molar-refractivity contribution < 1.29 is 13.2 Å². The van der Waals surface area contributed by atoms with Gasteiger partial charge < -0.3 is 10.6 Å². The maximum Gasteiger partial charge on any atom is 0.416 e. The molecule has 0 unspecified atom stereocenters. The van der Waals surface area contributed by atoms with Crippen LogP contribution in [0.5, 0.6) is 0 Å². The lowest BCUT2D eigenvalue weighted by Crippen LogP contribution is -2.33. The summed E-state index contributed by atoms with van der Waals surface area (Å²) in [5, 5.41) is 0. The van der Waals surface area contributed by atoms with Crippen molar-refractivity contribution in [2.45, 2.75) is 18.0 Å². The molecule has 2 aromatic carbocycles. The first-order chi connectivity index (χ1) is 11.7. The van der Waals surface area contributed by atoms with Crippen molar-refractivity contribution in [2.75, 3.05) is 17.7 Å². The molecule has 0 saturated heterocycles. The molecule has 134 valence electrons. The first kappa shape index (κ1) is 19.7. The number of guanidine groups is 1. The Labute approximate surface area is 157 Å². The highest BCUT2D eigenvalue weighted by molar-refractivity contribution is 9.10. The van der Waals surface area contributed by atoms with E-state index in [1.54, 1.807) is 24.9 Å². The molecule has 0 fully saturated rings. The topological polar surface area (TPSA) is 41.6 Å². The second kappa shape index (κ2) is 8.14. The standard InChI is InChI=1S/C17H17BrF3N3S/c1-3-25-13-7-8-14(18)15(10-13)23-16(22)24(2)12-6-4-5-11(9-12)17(19,20)21/h4-10H,3H2,1-2H3,(H2,22,23). The van der Waals surface area contributed by atoms with Crippen LogP contribution in [0.4, 0.5) is 24.5 Å². The summed E-state index contributed by atoms with van der Waals surface area (Å²) in [7, 11) is 1.58. The van der Waals surface area contributed by atoms with Crippen molar-refractivity contribution in [1.29, 1.82) is 0 Å². The number of halogens is 4. The smallest absolute Gasteiger partial charge is 0.369 e. The van der Waals surface area contributed by atoms with Gasteiger partial charge in [-0.25, -0.2) is 4.99 Å². The lowest BCUT2D eigenvalue weighted by molar-refractivity contribution is -0.137. The minimum Gasteiger partial charge on any atom is -0.369 e. The number of aliphatic imine (C=N–C) groups is 1. The lowest BCUT2D eigenvalue weighted by atomic mass is 10.2. The number of benzene rings is 2. The van der Waals surface area contributed by atoms with E-state index in [0.29, 0.717) is 11.4 Å². The fraction of sp³-hybridized carbons (Fsp3) is 0.235. The molecule has 2 N–H and O–H groups in total. The number of rotatable bonds is 4. The summed E-state index contributed by atoms with van der Waals surface area (Å²) in [6.07, 6.45) is -4.41. The van der Waals surface area contributed by atoms with Gasteiger partial charge >= 0.3 is 6.18 Å². The van der Waals surface area contributed by atoms with E-state index in [1.807, 2.05) is 25.1 Å². The second-order valence-electron chi connectivity index (χ2n) is 5.12. The van der Waals surface area contributed by atoms with Gasteiger partial charge in [0.2, 0.25) is 5.96 Å². The van der Waals surface area contributed by atoms with Crippen LogP contribution in [0.25, 0.3) is 0 Å². The van der Waals surface area contributed by atoms with Gasteiger partial charge in [-0.15, -0.1) is 11.8 Å². The van der Waals surface area contributed by atoms with Crippen molar-refractivity contribution in [3.8, 4) is 0 Å². The molecule has 3 nitrogen and oxygen atoms in total. The Kier molecular flexibility index (Phi) is 6.40. The number of nitrogens with zero attached hydrogens (tertiary/aromatic N) is 2. The summed E-state index contributed by atoms with van der Waals surface area (Å²) in [5.41, 5.74) is 6.20. The maximum atomic E-state index is 12.9. The van der Waals surface area contributed by atoms with Gasteiger partial charge in [-0.3, -0.25) is 0 Å². The molecule has 2 aromatic rings. The maximum absolute atomic E-state index is 12.9. The number of hydrogen-bond acceptors (Lipinski definition) is 2.